The highest BCUT2D eigenvalue weighted by Gasteiger charge is 2.00. The van der Waals surface area contributed by atoms with Crippen LogP contribution in [0.1, 0.15) is 11.1 Å². The van der Waals surface area contributed by atoms with Gasteiger partial charge in [0.1, 0.15) is 5.75 Å². The van der Waals surface area contributed by atoms with Crippen molar-refractivity contribution >= 4 is 5.69 Å². The maximum Gasteiger partial charge on any atom is 0.115 e. The Bertz CT molecular complexity index is 451. The lowest BCUT2D eigenvalue weighted by Crippen LogP contribution is -1.96. The molecule has 0 aliphatic heterocycles. The van der Waals surface area contributed by atoms with Crippen LogP contribution in [0.3, 0.4) is 0 Å². The molecule has 0 radical (unpaired) electrons. The topological polar surface area (TPSA) is 59.1 Å². The summed E-state index contributed by atoms with van der Waals surface area (Å²) in [6.07, 6.45) is 4.18. The number of rotatable bonds is 2. The van der Waals surface area contributed by atoms with Gasteiger partial charge in [0, 0.05) is 24.5 Å². The van der Waals surface area contributed by atoms with Gasteiger partial charge in [0.2, 0.25) is 0 Å². The van der Waals surface area contributed by atoms with Gasteiger partial charge in [-0.15, -0.1) is 0 Å². The van der Waals surface area contributed by atoms with Crippen LogP contribution >= 0.6 is 0 Å². The summed E-state index contributed by atoms with van der Waals surface area (Å²) in [6.45, 7) is 0. The largest absolute Gasteiger partial charge is 0.508 e. The molecule has 0 saturated heterocycles. The Labute approximate surface area is 88.2 Å². The zero-order chi connectivity index (χ0) is 10.7. The lowest BCUT2D eigenvalue weighted by molar-refractivity contribution is 0.475. The molecular weight excluding hydrogens is 188 g/mol. The van der Waals surface area contributed by atoms with Gasteiger partial charge in [-0.25, -0.2) is 0 Å². The van der Waals surface area contributed by atoms with Crippen LogP contribution in [-0.4, -0.2) is 10.1 Å². The molecule has 0 atom stereocenters. The Kier molecular flexibility index (Phi) is 2.54. The van der Waals surface area contributed by atoms with Crippen LogP contribution < -0.4 is 5.73 Å². The maximum absolute atomic E-state index is 9.14. The highest BCUT2D eigenvalue weighted by molar-refractivity contribution is 5.46. The molecule has 0 unspecified atom stereocenters. The van der Waals surface area contributed by atoms with Crippen molar-refractivity contribution in [2.24, 2.45) is 0 Å². The van der Waals surface area contributed by atoms with Crippen molar-refractivity contribution in [1.29, 1.82) is 0 Å². The number of pyridine rings is 1. The van der Waals surface area contributed by atoms with Gasteiger partial charge < -0.3 is 10.8 Å². The van der Waals surface area contributed by atoms with Crippen molar-refractivity contribution in [1.82, 2.24) is 4.98 Å². The van der Waals surface area contributed by atoms with Gasteiger partial charge in [0.15, 0.2) is 0 Å². The molecular formula is C12H12N2O. The van der Waals surface area contributed by atoms with Gasteiger partial charge in [0.05, 0.1) is 0 Å². The number of aromatic hydroxyl groups is 1. The monoisotopic (exact) mass is 200 g/mol. The summed E-state index contributed by atoms with van der Waals surface area (Å²) in [6, 6.07) is 8.88. The number of anilines is 1. The highest BCUT2D eigenvalue weighted by atomic mass is 16.3. The van der Waals surface area contributed by atoms with Crippen molar-refractivity contribution in [2.45, 2.75) is 6.42 Å². The highest BCUT2D eigenvalue weighted by Crippen LogP contribution is 2.16. The van der Waals surface area contributed by atoms with Crippen LogP contribution in [0.15, 0.2) is 42.7 Å². The summed E-state index contributed by atoms with van der Waals surface area (Å²) in [4.78, 5) is 4.03. The minimum atomic E-state index is 0.276. The average molecular weight is 200 g/mol. The first-order chi connectivity index (χ1) is 7.25. The molecule has 0 amide bonds. The summed E-state index contributed by atoms with van der Waals surface area (Å²) >= 11 is 0. The van der Waals surface area contributed by atoms with E-state index in [4.69, 9.17) is 10.8 Å². The molecule has 15 heavy (non-hydrogen) atoms. The van der Waals surface area contributed by atoms with Crippen molar-refractivity contribution < 1.29 is 5.11 Å². The molecule has 2 aromatic rings. The van der Waals surface area contributed by atoms with E-state index in [1.807, 2.05) is 12.1 Å². The van der Waals surface area contributed by atoms with Crippen molar-refractivity contribution in [3.8, 4) is 5.75 Å². The first-order valence-electron chi connectivity index (χ1n) is 4.72. The van der Waals surface area contributed by atoms with E-state index in [0.29, 0.717) is 0 Å². The van der Waals surface area contributed by atoms with Gasteiger partial charge in [-0.05, 0) is 29.3 Å². The van der Waals surface area contributed by atoms with Crippen LogP contribution in [0, 0.1) is 0 Å². The predicted molar refractivity (Wildman–Crippen MR) is 59.6 cm³/mol. The summed E-state index contributed by atoms with van der Waals surface area (Å²) < 4.78 is 0. The number of benzene rings is 1. The SMILES string of the molecule is Nc1ccncc1Cc1ccc(O)cc1. The lowest BCUT2D eigenvalue weighted by Gasteiger charge is -2.04. The third-order valence-corrected chi connectivity index (χ3v) is 2.27. The molecule has 1 heterocycles. The Balaban J connectivity index is 2.22. The van der Waals surface area contributed by atoms with Gasteiger partial charge in [-0.1, -0.05) is 12.1 Å². The minimum Gasteiger partial charge on any atom is -0.508 e. The van der Waals surface area contributed by atoms with E-state index in [1.165, 1.54) is 0 Å². The number of nitrogens with zero attached hydrogens (tertiary/aromatic N) is 1. The maximum atomic E-state index is 9.14. The van der Waals surface area contributed by atoms with Crippen LogP contribution in [0.4, 0.5) is 5.69 Å². The van der Waals surface area contributed by atoms with Crippen molar-refractivity contribution in [3.63, 3.8) is 0 Å². The third-order valence-electron chi connectivity index (χ3n) is 2.27. The van der Waals surface area contributed by atoms with E-state index < -0.39 is 0 Å². The van der Waals surface area contributed by atoms with E-state index in [9.17, 15) is 0 Å². The fraction of sp³-hybridized carbons (Fsp3) is 0.0833. The Hall–Kier alpha value is -2.03. The van der Waals surface area contributed by atoms with Crippen LogP contribution in [0.2, 0.25) is 0 Å². The molecule has 0 aliphatic rings. The molecule has 1 aromatic carbocycles. The Morgan fingerprint density at radius 3 is 2.53 bits per heavy atom. The van der Waals surface area contributed by atoms with E-state index in [-0.39, 0.29) is 5.75 Å². The number of phenols is 1. The van der Waals surface area contributed by atoms with Crippen molar-refractivity contribution in [3.05, 3.63) is 53.9 Å². The molecule has 0 saturated carbocycles. The first kappa shape index (κ1) is 9.52. The molecule has 3 N–H and O–H groups in total. The Morgan fingerprint density at radius 1 is 1.13 bits per heavy atom. The third kappa shape index (κ3) is 2.26. The molecule has 0 bridgehead atoms. The number of hydrogen-bond acceptors (Lipinski definition) is 3. The number of nitrogen functional groups attached to an aromatic ring is 1. The fourth-order valence-electron chi connectivity index (χ4n) is 1.42. The summed E-state index contributed by atoms with van der Waals surface area (Å²) in [5.41, 5.74) is 8.66. The van der Waals surface area contributed by atoms with Gasteiger partial charge in [-0.2, -0.15) is 0 Å². The normalized spacial score (nSPS) is 10.1. The number of hydrogen-bond donors (Lipinski definition) is 2. The van der Waals surface area contributed by atoms with Crippen molar-refractivity contribution in [2.75, 3.05) is 5.73 Å². The number of aromatic nitrogens is 1. The smallest absolute Gasteiger partial charge is 0.115 e. The molecule has 3 heteroatoms. The molecule has 2 rings (SSSR count). The lowest BCUT2D eigenvalue weighted by atomic mass is 10.1. The second-order valence-electron chi connectivity index (χ2n) is 3.42. The minimum absolute atomic E-state index is 0.276. The predicted octanol–water partition coefficient (Wildman–Crippen LogP) is 1.96. The second kappa shape index (κ2) is 4.00. The molecule has 76 valence electrons. The summed E-state index contributed by atoms with van der Waals surface area (Å²) in [5, 5.41) is 9.14. The quantitative estimate of drug-likeness (QED) is 0.779. The first-order valence-corrected chi connectivity index (χ1v) is 4.72. The zero-order valence-electron chi connectivity index (χ0n) is 8.22. The van der Waals surface area contributed by atoms with Gasteiger partial charge >= 0.3 is 0 Å². The van der Waals surface area contributed by atoms with E-state index >= 15 is 0 Å². The van der Waals surface area contributed by atoms with E-state index in [0.717, 1.165) is 23.2 Å². The fourth-order valence-corrected chi connectivity index (χ4v) is 1.42. The standard InChI is InChI=1S/C12H12N2O/c13-12-5-6-14-8-10(12)7-9-1-3-11(15)4-2-9/h1-6,8,15H,7H2,(H2,13,14). The van der Waals surface area contributed by atoms with Gasteiger partial charge in [0.25, 0.3) is 0 Å². The van der Waals surface area contributed by atoms with Crippen LogP contribution in [-0.2, 0) is 6.42 Å². The van der Waals surface area contributed by atoms with E-state index in [1.54, 1.807) is 30.6 Å². The number of phenolic OH excluding ortho intramolecular Hbond substituents is 1. The molecule has 0 spiro atoms. The number of nitrogens with two attached hydrogens (primary N) is 1. The van der Waals surface area contributed by atoms with Crippen LogP contribution in [0.5, 0.6) is 5.75 Å². The molecule has 3 nitrogen and oxygen atoms in total. The molecule has 1 aromatic heterocycles. The summed E-state index contributed by atoms with van der Waals surface area (Å²) in [5.74, 6) is 0.276. The van der Waals surface area contributed by atoms with Crippen LogP contribution in [0.25, 0.3) is 0 Å². The summed E-state index contributed by atoms with van der Waals surface area (Å²) in [7, 11) is 0. The van der Waals surface area contributed by atoms with E-state index in [2.05, 4.69) is 4.98 Å². The average Bonchev–Trinajstić information content (AvgIpc) is 2.25. The molecule has 0 aliphatic carbocycles. The Morgan fingerprint density at radius 2 is 1.87 bits per heavy atom. The molecule has 0 fully saturated rings. The second-order valence-corrected chi connectivity index (χ2v) is 3.42. The van der Waals surface area contributed by atoms with Gasteiger partial charge in [-0.3, -0.25) is 4.98 Å². The zero-order valence-corrected chi connectivity index (χ0v) is 8.22.